The number of rotatable bonds is 1. The summed E-state index contributed by atoms with van der Waals surface area (Å²) in [7, 11) is 0. The van der Waals surface area contributed by atoms with Crippen LogP contribution in [0.4, 0.5) is 4.39 Å². The number of nitrogens with zero attached hydrogens (tertiary/aromatic N) is 2. The Morgan fingerprint density at radius 2 is 2.00 bits per heavy atom. The van der Waals surface area contributed by atoms with Crippen molar-refractivity contribution in [2.45, 2.75) is 0 Å². The van der Waals surface area contributed by atoms with Gasteiger partial charge in [-0.1, -0.05) is 29.3 Å². The molecule has 0 bridgehead atoms. The summed E-state index contributed by atoms with van der Waals surface area (Å²) >= 11 is 14.6. The lowest BCUT2D eigenvalue weighted by molar-refractivity contribution is 0.630. The van der Waals surface area contributed by atoms with Gasteiger partial charge in [0, 0.05) is 6.20 Å². The van der Waals surface area contributed by atoms with Crippen molar-refractivity contribution in [1.82, 2.24) is 9.97 Å². The van der Waals surface area contributed by atoms with E-state index in [2.05, 4.69) is 25.9 Å². The first-order valence-electron chi connectivity index (χ1n) is 4.22. The maximum atomic E-state index is 13.7. The molecular formula is C10H4BrCl2FN2. The fourth-order valence-electron chi connectivity index (χ4n) is 1.15. The number of hydrogen-bond acceptors (Lipinski definition) is 2. The van der Waals surface area contributed by atoms with Gasteiger partial charge in [-0.25, -0.2) is 14.4 Å². The van der Waals surface area contributed by atoms with E-state index in [1.54, 1.807) is 12.1 Å². The standard InChI is InChI=1S/C10H4BrCl2FN2/c11-6-4-15-10(16-9(6)13)5-2-1-3-7(12)8(5)14/h1-4H. The van der Waals surface area contributed by atoms with Crippen molar-refractivity contribution in [2.75, 3.05) is 0 Å². The third-order valence-electron chi connectivity index (χ3n) is 1.89. The van der Waals surface area contributed by atoms with E-state index < -0.39 is 5.82 Å². The molecule has 0 atom stereocenters. The average Bonchev–Trinajstić information content (AvgIpc) is 2.26. The smallest absolute Gasteiger partial charge is 0.163 e. The van der Waals surface area contributed by atoms with Gasteiger partial charge in [0.1, 0.15) is 5.15 Å². The molecule has 2 nitrogen and oxygen atoms in total. The van der Waals surface area contributed by atoms with Crippen molar-refractivity contribution >= 4 is 39.1 Å². The van der Waals surface area contributed by atoms with Crippen LogP contribution in [0.15, 0.2) is 28.9 Å². The molecule has 2 aromatic rings. The van der Waals surface area contributed by atoms with Gasteiger partial charge in [0.2, 0.25) is 0 Å². The van der Waals surface area contributed by atoms with Gasteiger partial charge in [-0.3, -0.25) is 0 Å². The molecule has 0 fully saturated rings. The van der Waals surface area contributed by atoms with Crippen LogP contribution in [0.3, 0.4) is 0 Å². The van der Waals surface area contributed by atoms with Gasteiger partial charge in [-0.2, -0.15) is 0 Å². The largest absolute Gasteiger partial charge is 0.235 e. The molecule has 0 unspecified atom stereocenters. The van der Waals surface area contributed by atoms with Crippen LogP contribution in [0.1, 0.15) is 0 Å². The minimum atomic E-state index is -0.553. The van der Waals surface area contributed by atoms with Crippen molar-refractivity contribution in [3.63, 3.8) is 0 Å². The van der Waals surface area contributed by atoms with Gasteiger partial charge in [-0.05, 0) is 28.1 Å². The molecule has 16 heavy (non-hydrogen) atoms. The van der Waals surface area contributed by atoms with Gasteiger partial charge in [-0.15, -0.1) is 0 Å². The highest BCUT2D eigenvalue weighted by molar-refractivity contribution is 9.10. The quantitative estimate of drug-likeness (QED) is 0.730. The van der Waals surface area contributed by atoms with Crippen LogP contribution >= 0.6 is 39.1 Å². The van der Waals surface area contributed by atoms with Crippen LogP contribution in [-0.2, 0) is 0 Å². The molecule has 0 saturated carbocycles. The number of halogens is 4. The normalized spacial score (nSPS) is 10.5. The minimum absolute atomic E-state index is 0.0279. The lowest BCUT2D eigenvalue weighted by Crippen LogP contribution is -1.93. The van der Waals surface area contributed by atoms with Crippen molar-refractivity contribution in [1.29, 1.82) is 0 Å². The van der Waals surface area contributed by atoms with Crippen molar-refractivity contribution in [2.24, 2.45) is 0 Å². The summed E-state index contributed by atoms with van der Waals surface area (Å²) < 4.78 is 14.2. The second-order valence-corrected chi connectivity index (χ2v) is 4.55. The summed E-state index contributed by atoms with van der Waals surface area (Å²) in [5.74, 6) is -0.351. The SMILES string of the molecule is Fc1c(Cl)cccc1-c1ncc(Br)c(Cl)n1. The van der Waals surface area contributed by atoms with Crippen LogP contribution in [0.5, 0.6) is 0 Å². The molecule has 0 aliphatic rings. The first kappa shape index (κ1) is 11.8. The Balaban J connectivity index is 2.59. The second-order valence-electron chi connectivity index (χ2n) is 2.93. The summed E-state index contributed by atoms with van der Waals surface area (Å²) in [6, 6.07) is 4.63. The fourth-order valence-corrected chi connectivity index (χ4v) is 1.65. The van der Waals surface area contributed by atoms with Crippen molar-refractivity contribution in [3.8, 4) is 11.4 Å². The Bertz CT molecular complexity index is 548. The molecule has 1 aromatic heterocycles. The predicted molar refractivity (Wildman–Crippen MR) is 65.1 cm³/mol. The highest BCUT2D eigenvalue weighted by atomic mass is 79.9. The highest BCUT2D eigenvalue weighted by Crippen LogP contribution is 2.27. The number of benzene rings is 1. The monoisotopic (exact) mass is 320 g/mol. The lowest BCUT2D eigenvalue weighted by atomic mass is 10.2. The van der Waals surface area contributed by atoms with Gasteiger partial charge in [0.25, 0.3) is 0 Å². The zero-order chi connectivity index (χ0) is 11.7. The second kappa shape index (κ2) is 4.65. The fraction of sp³-hybridized carbons (Fsp3) is 0. The van der Waals surface area contributed by atoms with Crippen molar-refractivity contribution < 1.29 is 4.39 Å². The summed E-state index contributed by atoms with van der Waals surface area (Å²) in [5.41, 5.74) is 0.224. The highest BCUT2D eigenvalue weighted by Gasteiger charge is 2.12. The van der Waals surface area contributed by atoms with E-state index in [4.69, 9.17) is 23.2 Å². The topological polar surface area (TPSA) is 25.8 Å². The minimum Gasteiger partial charge on any atom is -0.235 e. The number of hydrogen-bond donors (Lipinski definition) is 0. The zero-order valence-corrected chi connectivity index (χ0v) is 10.8. The molecular weight excluding hydrogens is 318 g/mol. The first-order valence-corrected chi connectivity index (χ1v) is 5.77. The molecule has 6 heteroatoms. The molecule has 2 rings (SSSR count). The third kappa shape index (κ3) is 2.19. The van der Waals surface area contributed by atoms with Crippen molar-refractivity contribution in [3.05, 3.63) is 44.9 Å². The summed E-state index contributed by atoms with van der Waals surface area (Å²) in [4.78, 5) is 7.92. The van der Waals surface area contributed by atoms with E-state index in [-0.39, 0.29) is 21.6 Å². The van der Waals surface area contributed by atoms with E-state index in [0.717, 1.165) is 0 Å². The van der Waals surface area contributed by atoms with E-state index in [0.29, 0.717) is 4.47 Å². The van der Waals surface area contributed by atoms with E-state index >= 15 is 0 Å². The van der Waals surface area contributed by atoms with E-state index in [1.165, 1.54) is 12.3 Å². The molecule has 0 aliphatic heterocycles. The van der Waals surface area contributed by atoms with E-state index in [1.807, 2.05) is 0 Å². The molecule has 82 valence electrons. The molecule has 0 radical (unpaired) electrons. The average molecular weight is 322 g/mol. The number of aromatic nitrogens is 2. The zero-order valence-electron chi connectivity index (χ0n) is 7.72. The lowest BCUT2D eigenvalue weighted by Gasteiger charge is -2.03. The first-order chi connectivity index (χ1) is 7.59. The molecule has 0 spiro atoms. The maximum absolute atomic E-state index is 13.7. The summed E-state index contributed by atoms with van der Waals surface area (Å²) in [5, 5.41) is 0.254. The van der Waals surface area contributed by atoms with Gasteiger partial charge in [0.05, 0.1) is 15.1 Å². The molecule has 0 N–H and O–H groups in total. The molecule has 1 aromatic carbocycles. The third-order valence-corrected chi connectivity index (χ3v) is 3.28. The van der Waals surface area contributed by atoms with Crippen LogP contribution in [-0.4, -0.2) is 9.97 Å². The Morgan fingerprint density at radius 1 is 1.25 bits per heavy atom. The van der Waals surface area contributed by atoms with Crippen LogP contribution < -0.4 is 0 Å². The Morgan fingerprint density at radius 3 is 2.69 bits per heavy atom. The van der Waals surface area contributed by atoms with Gasteiger partial charge < -0.3 is 0 Å². The molecule has 0 aliphatic carbocycles. The van der Waals surface area contributed by atoms with E-state index in [9.17, 15) is 4.39 Å². The Labute approximate surface area is 110 Å². The van der Waals surface area contributed by atoms with Gasteiger partial charge in [0.15, 0.2) is 11.6 Å². The van der Waals surface area contributed by atoms with Gasteiger partial charge >= 0.3 is 0 Å². The molecule has 1 heterocycles. The Kier molecular flexibility index (Phi) is 3.42. The molecule has 0 amide bonds. The summed E-state index contributed by atoms with van der Waals surface area (Å²) in [6.07, 6.45) is 1.46. The summed E-state index contributed by atoms with van der Waals surface area (Å²) in [6.45, 7) is 0. The van der Waals surface area contributed by atoms with Crippen LogP contribution in [0.2, 0.25) is 10.2 Å². The van der Waals surface area contributed by atoms with Crippen LogP contribution in [0.25, 0.3) is 11.4 Å². The predicted octanol–water partition coefficient (Wildman–Crippen LogP) is 4.35. The molecule has 0 saturated heterocycles. The maximum Gasteiger partial charge on any atom is 0.163 e. The van der Waals surface area contributed by atoms with Crippen LogP contribution in [0, 0.1) is 5.82 Å². The Hall–Kier alpha value is -0.710.